The summed E-state index contributed by atoms with van der Waals surface area (Å²) in [5, 5.41) is 7.05. The van der Waals surface area contributed by atoms with Gasteiger partial charge in [0.1, 0.15) is 0 Å². The molecule has 0 spiro atoms. The van der Waals surface area contributed by atoms with E-state index in [1.165, 1.54) is 0 Å². The summed E-state index contributed by atoms with van der Waals surface area (Å²) in [4.78, 5) is 31.0. The first-order chi connectivity index (χ1) is 13.1. The van der Waals surface area contributed by atoms with Gasteiger partial charge >= 0.3 is 0 Å². The molecule has 2 amide bonds. The van der Waals surface area contributed by atoms with Gasteiger partial charge in [-0.3, -0.25) is 14.3 Å². The van der Waals surface area contributed by atoms with Crippen molar-refractivity contribution in [3.8, 4) is 0 Å². The van der Waals surface area contributed by atoms with Crippen LogP contribution in [0.1, 0.15) is 24.2 Å². The summed E-state index contributed by atoms with van der Waals surface area (Å²) in [6.45, 7) is 6.46. The van der Waals surface area contributed by atoms with Crippen molar-refractivity contribution in [2.75, 3.05) is 18.4 Å². The number of likely N-dealkylation sites (tertiary alicyclic amines) is 1. The van der Waals surface area contributed by atoms with E-state index in [0.717, 1.165) is 24.1 Å². The number of hydrogen-bond acceptors (Lipinski definition) is 4. The van der Waals surface area contributed by atoms with Gasteiger partial charge in [-0.25, -0.2) is 4.98 Å². The van der Waals surface area contributed by atoms with Crippen LogP contribution in [0.15, 0.2) is 36.8 Å². The predicted molar refractivity (Wildman–Crippen MR) is 101 cm³/mol. The molecule has 1 aromatic carbocycles. The molecule has 8 nitrogen and oxygen atoms in total. The van der Waals surface area contributed by atoms with Crippen LogP contribution in [0, 0.1) is 5.92 Å². The lowest BCUT2D eigenvalue weighted by Crippen LogP contribution is -2.54. The first-order valence-corrected chi connectivity index (χ1v) is 9.17. The number of amides is 2. The van der Waals surface area contributed by atoms with Crippen LogP contribution in [0.3, 0.4) is 0 Å². The van der Waals surface area contributed by atoms with E-state index < -0.39 is 0 Å². The van der Waals surface area contributed by atoms with Crippen molar-refractivity contribution in [3.05, 3.63) is 42.4 Å². The minimum absolute atomic E-state index is 0.0674. The van der Waals surface area contributed by atoms with E-state index in [2.05, 4.69) is 22.3 Å². The highest BCUT2D eigenvalue weighted by molar-refractivity contribution is 6.00. The second-order valence-corrected chi connectivity index (χ2v) is 6.69. The average molecular weight is 366 g/mol. The molecule has 27 heavy (non-hydrogen) atoms. The molecular weight excluding hydrogens is 344 g/mol. The minimum atomic E-state index is -0.205. The number of nitrogens with one attached hydrogen (secondary N) is 1. The van der Waals surface area contributed by atoms with Gasteiger partial charge in [-0.2, -0.15) is 5.10 Å². The normalized spacial score (nSPS) is 14.4. The summed E-state index contributed by atoms with van der Waals surface area (Å²) in [6.07, 6.45) is 3.60. The Bertz CT molecular complexity index is 999. The van der Waals surface area contributed by atoms with Gasteiger partial charge in [0.2, 0.25) is 5.91 Å². The molecule has 2 aromatic heterocycles. The smallest absolute Gasteiger partial charge is 0.253 e. The molecule has 0 unspecified atom stereocenters. The molecule has 4 rings (SSSR count). The Hall–Kier alpha value is -3.16. The number of anilines is 1. The number of carbonyl (C=O) groups excluding carboxylic acids is 2. The molecule has 1 aliphatic heterocycles. The van der Waals surface area contributed by atoms with Crippen LogP contribution < -0.4 is 5.32 Å². The summed E-state index contributed by atoms with van der Waals surface area (Å²) in [6, 6.07) is 7.33. The standard InChI is InChI=1S/C19H22N6O2/c1-3-23-12-20-15-9-13(5-6-16(15)23)19(27)24-10-14(11-24)18(26)21-17-7-8-25(4-2)22-17/h5-9,12,14H,3-4,10-11H2,1-2H3,(H,21,22,26). The molecule has 1 aliphatic rings. The number of aromatic nitrogens is 4. The zero-order valence-electron chi connectivity index (χ0n) is 15.4. The lowest BCUT2D eigenvalue weighted by atomic mass is 9.97. The Kier molecular flexibility index (Phi) is 4.39. The number of carbonyl (C=O) groups is 2. The van der Waals surface area contributed by atoms with Crippen LogP contribution in [-0.4, -0.2) is 49.1 Å². The zero-order valence-corrected chi connectivity index (χ0v) is 15.4. The molecule has 0 aliphatic carbocycles. The molecule has 140 valence electrons. The first kappa shape index (κ1) is 17.3. The maximum absolute atomic E-state index is 12.7. The molecule has 1 fully saturated rings. The second-order valence-electron chi connectivity index (χ2n) is 6.69. The van der Waals surface area contributed by atoms with Crippen molar-refractivity contribution in [1.82, 2.24) is 24.2 Å². The second kappa shape index (κ2) is 6.86. The number of benzene rings is 1. The molecule has 0 saturated carbocycles. The van der Waals surface area contributed by atoms with Gasteiger partial charge in [0, 0.05) is 44.0 Å². The van der Waals surface area contributed by atoms with E-state index in [4.69, 9.17) is 0 Å². The Morgan fingerprint density at radius 2 is 2.00 bits per heavy atom. The number of hydrogen-bond donors (Lipinski definition) is 1. The van der Waals surface area contributed by atoms with Crippen molar-refractivity contribution in [1.29, 1.82) is 0 Å². The third kappa shape index (κ3) is 3.18. The van der Waals surface area contributed by atoms with Crippen LogP contribution in [0.4, 0.5) is 5.82 Å². The van der Waals surface area contributed by atoms with Crippen LogP contribution in [0.25, 0.3) is 11.0 Å². The fraction of sp³-hybridized carbons (Fsp3) is 0.368. The van der Waals surface area contributed by atoms with Crippen LogP contribution >= 0.6 is 0 Å². The van der Waals surface area contributed by atoms with Crippen LogP contribution in [0.2, 0.25) is 0 Å². The Morgan fingerprint density at radius 1 is 1.19 bits per heavy atom. The molecule has 3 aromatic rings. The zero-order chi connectivity index (χ0) is 19.0. The fourth-order valence-corrected chi connectivity index (χ4v) is 3.27. The van der Waals surface area contributed by atoms with Gasteiger partial charge in [-0.05, 0) is 32.0 Å². The van der Waals surface area contributed by atoms with Gasteiger partial charge in [0.15, 0.2) is 5.82 Å². The predicted octanol–water partition coefficient (Wildman–Crippen LogP) is 1.98. The Morgan fingerprint density at radius 3 is 2.70 bits per heavy atom. The summed E-state index contributed by atoms with van der Waals surface area (Å²) in [5.74, 6) is 0.173. The van der Waals surface area contributed by atoms with Crippen molar-refractivity contribution in [3.63, 3.8) is 0 Å². The third-order valence-electron chi connectivity index (χ3n) is 4.96. The molecule has 1 N–H and O–H groups in total. The maximum Gasteiger partial charge on any atom is 0.253 e. The number of fused-ring (bicyclic) bond motifs is 1. The Balaban J connectivity index is 1.37. The monoisotopic (exact) mass is 366 g/mol. The van der Waals surface area contributed by atoms with Crippen molar-refractivity contribution in [2.24, 2.45) is 5.92 Å². The molecule has 1 saturated heterocycles. The highest BCUT2D eigenvalue weighted by atomic mass is 16.2. The summed E-state index contributed by atoms with van der Waals surface area (Å²) >= 11 is 0. The Labute approximate surface area is 156 Å². The average Bonchev–Trinajstić information content (AvgIpc) is 3.25. The minimum Gasteiger partial charge on any atom is -0.337 e. The van der Waals surface area contributed by atoms with E-state index in [0.29, 0.717) is 24.5 Å². The molecule has 0 radical (unpaired) electrons. The van der Waals surface area contributed by atoms with E-state index in [1.807, 2.05) is 35.9 Å². The van der Waals surface area contributed by atoms with E-state index >= 15 is 0 Å². The van der Waals surface area contributed by atoms with E-state index in [-0.39, 0.29) is 17.7 Å². The lowest BCUT2D eigenvalue weighted by Gasteiger charge is -2.38. The first-order valence-electron chi connectivity index (χ1n) is 9.17. The summed E-state index contributed by atoms with van der Waals surface area (Å²) in [5.41, 5.74) is 2.43. The molecular formula is C19H22N6O2. The van der Waals surface area contributed by atoms with Crippen molar-refractivity contribution >= 4 is 28.7 Å². The van der Waals surface area contributed by atoms with Crippen LogP contribution in [0.5, 0.6) is 0 Å². The fourth-order valence-electron chi connectivity index (χ4n) is 3.27. The number of imidazole rings is 1. The topological polar surface area (TPSA) is 85.0 Å². The largest absolute Gasteiger partial charge is 0.337 e. The van der Waals surface area contributed by atoms with E-state index in [1.54, 1.807) is 22.0 Å². The highest BCUT2D eigenvalue weighted by Gasteiger charge is 2.36. The summed E-state index contributed by atoms with van der Waals surface area (Å²) in [7, 11) is 0. The third-order valence-corrected chi connectivity index (χ3v) is 4.96. The highest BCUT2D eigenvalue weighted by Crippen LogP contribution is 2.22. The molecule has 0 atom stereocenters. The van der Waals surface area contributed by atoms with Gasteiger partial charge in [-0.1, -0.05) is 0 Å². The number of aryl methyl sites for hydroxylation is 2. The van der Waals surface area contributed by atoms with Gasteiger partial charge in [-0.15, -0.1) is 0 Å². The quantitative estimate of drug-likeness (QED) is 0.748. The lowest BCUT2D eigenvalue weighted by molar-refractivity contribution is -0.123. The van der Waals surface area contributed by atoms with E-state index in [9.17, 15) is 9.59 Å². The number of rotatable bonds is 5. The SMILES string of the molecule is CCn1ccc(NC(=O)C2CN(C(=O)c3ccc4c(c3)ncn4CC)C2)n1. The molecule has 3 heterocycles. The van der Waals surface area contributed by atoms with Crippen molar-refractivity contribution < 1.29 is 9.59 Å². The van der Waals surface area contributed by atoms with Gasteiger partial charge in [0.05, 0.1) is 23.3 Å². The van der Waals surface area contributed by atoms with Gasteiger partial charge < -0.3 is 14.8 Å². The summed E-state index contributed by atoms with van der Waals surface area (Å²) < 4.78 is 3.79. The van der Waals surface area contributed by atoms with Crippen LogP contribution in [-0.2, 0) is 17.9 Å². The molecule has 8 heteroatoms. The van der Waals surface area contributed by atoms with Crippen molar-refractivity contribution in [2.45, 2.75) is 26.9 Å². The maximum atomic E-state index is 12.7. The van der Waals surface area contributed by atoms with Gasteiger partial charge in [0.25, 0.3) is 5.91 Å². The molecule has 0 bridgehead atoms. The number of nitrogens with zero attached hydrogens (tertiary/aromatic N) is 5.